The molecule has 0 unspecified atom stereocenters. The van der Waals surface area contributed by atoms with Crippen LogP contribution in [0.15, 0.2) is 68.8 Å². The number of esters is 1. The molecule has 0 atom stereocenters. The zero-order valence-electron chi connectivity index (χ0n) is 14.5. The number of rotatable bonds is 6. The van der Waals surface area contributed by atoms with Crippen molar-refractivity contribution in [3.05, 3.63) is 65.9 Å². The molecule has 0 amide bonds. The lowest BCUT2D eigenvalue weighted by molar-refractivity contribution is -0.141. The molecule has 4 rings (SSSR count). The van der Waals surface area contributed by atoms with Crippen molar-refractivity contribution in [1.82, 2.24) is 10.1 Å². The number of carbonyl (C=O) groups excluding carboxylic acids is 1. The summed E-state index contributed by atoms with van der Waals surface area (Å²) in [5.41, 5.74) is 4.12. The Bertz CT molecular complexity index is 1040. The highest BCUT2D eigenvalue weighted by Crippen LogP contribution is 2.24. The van der Waals surface area contributed by atoms with Gasteiger partial charge in [0.25, 0.3) is 5.22 Å². The van der Waals surface area contributed by atoms with E-state index >= 15 is 0 Å². The summed E-state index contributed by atoms with van der Waals surface area (Å²) in [6, 6.07) is 17.1. The predicted molar refractivity (Wildman–Crippen MR) is 101 cm³/mol. The van der Waals surface area contributed by atoms with Crippen LogP contribution >= 0.6 is 11.8 Å². The molecule has 0 saturated carbocycles. The molecule has 2 heterocycles. The first-order valence-electron chi connectivity index (χ1n) is 8.34. The van der Waals surface area contributed by atoms with E-state index in [0.29, 0.717) is 22.3 Å². The normalized spacial score (nSPS) is 11.0. The van der Waals surface area contributed by atoms with Gasteiger partial charge in [-0.05, 0) is 19.1 Å². The number of carbonyl (C=O) groups is 1. The molecule has 0 fully saturated rings. The van der Waals surface area contributed by atoms with Crippen molar-refractivity contribution in [1.29, 1.82) is 0 Å². The van der Waals surface area contributed by atoms with Crippen molar-refractivity contribution in [3.63, 3.8) is 0 Å². The van der Waals surface area contributed by atoms with Gasteiger partial charge in [0.15, 0.2) is 11.3 Å². The lowest BCUT2D eigenvalue weighted by atomic mass is 10.1. The van der Waals surface area contributed by atoms with E-state index in [1.807, 2.05) is 55.5 Å². The third-order valence-electron chi connectivity index (χ3n) is 3.86. The van der Waals surface area contributed by atoms with E-state index in [2.05, 4.69) is 10.1 Å². The number of nitrogens with zero attached hydrogens (tertiary/aromatic N) is 2. The predicted octanol–water partition coefficient (Wildman–Crippen LogP) is 4.63. The van der Waals surface area contributed by atoms with E-state index in [1.54, 1.807) is 6.07 Å². The second-order valence-corrected chi connectivity index (χ2v) is 6.87. The van der Waals surface area contributed by atoms with Crippen molar-refractivity contribution in [3.8, 4) is 11.3 Å². The highest BCUT2D eigenvalue weighted by Gasteiger charge is 2.12. The van der Waals surface area contributed by atoms with Crippen LogP contribution in [0.4, 0.5) is 0 Å². The van der Waals surface area contributed by atoms with Gasteiger partial charge in [-0.1, -0.05) is 58.9 Å². The average Bonchev–Trinajstić information content (AvgIpc) is 3.32. The third-order valence-corrected chi connectivity index (χ3v) is 4.67. The summed E-state index contributed by atoms with van der Waals surface area (Å²) in [6.45, 7) is 2.08. The fourth-order valence-corrected chi connectivity index (χ4v) is 3.10. The van der Waals surface area contributed by atoms with Crippen LogP contribution in [0, 0.1) is 6.92 Å². The van der Waals surface area contributed by atoms with Gasteiger partial charge in [-0.3, -0.25) is 4.79 Å². The first-order valence-corrected chi connectivity index (χ1v) is 9.32. The Balaban J connectivity index is 1.29. The maximum absolute atomic E-state index is 11.9. The number of fused-ring (bicyclic) bond motifs is 1. The summed E-state index contributed by atoms with van der Waals surface area (Å²) in [5, 5.41) is 4.39. The topological polar surface area (TPSA) is 78.4 Å². The van der Waals surface area contributed by atoms with E-state index in [4.69, 9.17) is 13.7 Å². The second kappa shape index (κ2) is 7.67. The smallest absolute Gasteiger partial charge is 0.316 e. The van der Waals surface area contributed by atoms with Crippen LogP contribution in [-0.4, -0.2) is 21.9 Å². The van der Waals surface area contributed by atoms with Gasteiger partial charge < -0.3 is 13.7 Å². The highest BCUT2D eigenvalue weighted by atomic mass is 32.2. The molecule has 0 saturated heterocycles. The SMILES string of the molecule is Cc1ccc(-c2cc(COC(=O)CSc3nc4ccccc4o3)no2)cc1. The first kappa shape index (κ1) is 17.4. The van der Waals surface area contributed by atoms with Crippen LogP contribution in [0.3, 0.4) is 0 Å². The van der Waals surface area contributed by atoms with Crippen LogP contribution < -0.4 is 0 Å². The minimum Gasteiger partial charge on any atom is -0.458 e. The summed E-state index contributed by atoms with van der Waals surface area (Å²) in [5.74, 6) is 0.374. The third kappa shape index (κ3) is 4.20. The monoisotopic (exact) mass is 380 g/mol. The highest BCUT2D eigenvalue weighted by molar-refractivity contribution is 7.99. The molecule has 2 aromatic carbocycles. The quantitative estimate of drug-likeness (QED) is 0.356. The van der Waals surface area contributed by atoms with Crippen LogP contribution in [0.1, 0.15) is 11.3 Å². The fraction of sp³-hybridized carbons (Fsp3) is 0.150. The Labute approximate surface area is 159 Å². The zero-order chi connectivity index (χ0) is 18.6. The maximum atomic E-state index is 11.9. The van der Waals surface area contributed by atoms with Crippen LogP contribution in [-0.2, 0) is 16.1 Å². The van der Waals surface area contributed by atoms with E-state index in [1.165, 1.54) is 17.3 Å². The number of aryl methyl sites for hydroxylation is 1. The minimum atomic E-state index is -0.373. The average molecular weight is 380 g/mol. The maximum Gasteiger partial charge on any atom is 0.316 e. The van der Waals surface area contributed by atoms with Crippen molar-refractivity contribution < 1.29 is 18.5 Å². The largest absolute Gasteiger partial charge is 0.458 e. The number of aromatic nitrogens is 2. The van der Waals surface area contributed by atoms with E-state index in [0.717, 1.165) is 11.1 Å². The molecule has 27 heavy (non-hydrogen) atoms. The van der Waals surface area contributed by atoms with Gasteiger partial charge in [-0.25, -0.2) is 4.98 Å². The second-order valence-electron chi connectivity index (χ2n) is 5.95. The summed E-state index contributed by atoms with van der Waals surface area (Å²) in [4.78, 5) is 16.3. The molecule has 0 spiro atoms. The standard InChI is InChI=1S/C20H16N2O4S/c1-13-6-8-14(9-7-13)18-10-15(22-26-18)11-24-19(23)12-27-20-21-16-4-2-3-5-17(16)25-20/h2-10H,11-12H2,1H3. The molecule has 0 aliphatic heterocycles. The van der Waals surface area contributed by atoms with Gasteiger partial charge in [0, 0.05) is 11.6 Å². The van der Waals surface area contributed by atoms with E-state index in [-0.39, 0.29) is 18.3 Å². The number of ether oxygens (including phenoxy) is 1. The molecule has 0 aliphatic carbocycles. The van der Waals surface area contributed by atoms with Gasteiger partial charge in [-0.2, -0.15) is 0 Å². The van der Waals surface area contributed by atoms with Gasteiger partial charge in [0.2, 0.25) is 0 Å². The lowest BCUT2D eigenvalue weighted by Crippen LogP contribution is -2.07. The Morgan fingerprint density at radius 3 is 2.78 bits per heavy atom. The molecular formula is C20H16N2O4S. The van der Waals surface area contributed by atoms with Crippen molar-refractivity contribution in [2.45, 2.75) is 18.8 Å². The number of hydrogen-bond donors (Lipinski definition) is 0. The lowest BCUT2D eigenvalue weighted by Gasteiger charge is -2.00. The van der Waals surface area contributed by atoms with Crippen LogP contribution in [0.2, 0.25) is 0 Å². The first-order chi connectivity index (χ1) is 13.2. The number of para-hydroxylation sites is 2. The van der Waals surface area contributed by atoms with Gasteiger partial charge in [0.05, 0.1) is 0 Å². The summed E-state index contributed by atoms with van der Waals surface area (Å²) in [6.07, 6.45) is 0. The van der Waals surface area contributed by atoms with E-state index in [9.17, 15) is 4.79 Å². The zero-order valence-corrected chi connectivity index (χ0v) is 15.4. The minimum absolute atomic E-state index is 0.0579. The van der Waals surface area contributed by atoms with Gasteiger partial charge in [-0.15, -0.1) is 0 Å². The van der Waals surface area contributed by atoms with Crippen LogP contribution in [0.25, 0.3) is 22.4 Å². The molecule has 7 heteroatoms. The van der Waals surface area contributed by atoms with Gasteiger partial charge in [0.1, 0.15) is 23.6 Å². The molecule has 0 radical (unpaired) electrons. The Morgan fingerprint density at radius 2 is 1.96 bits per heavy atom. The molecule has 0 N–H and O–H groups in total. The molecule has 4 aromatic rings. The van der Waals surface area contributed by atoms with E-state index < -0.39 is 0 Å². The number of hydrogen-bond acceptors (Lipinski definition) is 7. The van der Waals surface area contributed by atoms with Crippen molar-refractivity contribution in [2.75, 3.05) is 5.75 Å². The molecular weight excluding hydrogens is 364 g/mol. The Hall–Kier alpha value is -3.06. The summed E-state index contributed by atoms with van der Waals surface area (Å²) >= 11 is 1.20. The Kier molecular flexibility index (Phi) is 4.93. The number of oxazole rings is 1. The Morgan fingerprint density at radius 1 is 1.15 bits per heavy atom. The van der Waals surface area contributed by atoms with Crippen LogP contribution in [0.5, 0.6) is 0 Å². The number of thioether (sulfide) groups is 1. The molecule has 0 bridgehead atoms. The van der Waals surface area contributed by atoms with Gasteiger partial charge >= 0.3 is 5.97 Å². The number of benzene rings is 2. The van der Waals surface area contributed by atoms with Crippen molar-refractivity contribution in [2.24, 2.45) is 0 Å². The fourth-order valence-electron chi connectivity index (χ4n) is 2.46. The molecule has 0 aliphatic rings. The molecule has 136 valence electrons. The molecule has 6 nitrogen and oxygen atoms in total. The van der Waals surface area contributed by atoms with Crippen molar-refractivity contribution >= 4 is 28.8 Å². The summed E-state index contributed by atoms with van der Waals surface area (Å²) < 4.78 is 16.1. The summed E-state index contributed by atoms with van der Waals surface area (Å²) in [7, 11) is 0. The molecule has 2 aromatic heterocycles.